The summed E-state index contributed by atoms with van der Waals surface area (Å²) in [5.74, 6) is 1.27. The van der Waals surface area contributed by atoms with Crippen molar-refractivity contribution in [1.29, 1.82) is 0 Å². The number of para-hydroxylation sites is 2. The average Bonchev–Trinajstić information content (AvgIpc) is 1.64. The minimum atomic E-state index is 0.0187. The minimum absolute atomic E-state index is 0.0187. The second-order valence-electron chi connectivity index (χ2n) is 31.0. The van der Waals surface area contributed by atoms with Gasteiger partial charge < -0.3 is 8.83 Å². The first kappa shape index (κ1) is 64.4. The van der Waals surface area contributed by atoms with Gasteiger partial charge in [0, 0.05) is 11.1 Å². The van der Waals surface area contributed by atoms with Crippen LogP contribution >= 0.6 is 0 Å². The Kier molecular flexibility index (Phi) is 18.1. The average molecular weight is 1220 g/mol. The molecule has 2 aliphatic heterocycles. The van der Waals surface area contributed by atoms with Crippen LogP contribution < -0.4 is 20.9 Å². The zero-order valence-electron chi connectivity index (χ0n) is 56.9. The van der Waals surface area contributed by atoms with Crippen molar-refractivity contribution in [3.8, 4) is 22.9 Å². The molecule has 4 heterocycles. The summed E-state index contributed by atoms with van der Waals surface area (Å²) < 4.78 is 12.3. The third kappa shape index (κ3) is 15.8. The third-order valence-electron chi connectivity index (χ3n) is 17.5. The highest BCUT2D eigenvalue weighted by atomic mass is 16.4. The van der Waals surface area contributed by atoms with Gasteiger partial charge in [-0.2, -0.15) is 0 Å². The molecular weight excluding hydrogens is 1120 g/mol. The number of oxazole rings is 2. The molecule has 0 saturated heterocycles. The maximum atomic E-state index is 6.21. The Balaban J connectivity index is 0.000000191. The van der Waals surface area contributed by atoms with E-state index in [1.54, 1.807) is 0 Å². The van der Waals surface area contributed by atoms with Gasteiger partial charge in [-0.25, -0.2) is 9.97 Å². The van der Waals surface area contributed by atoms with E-state index < -0.39 is 0 Å². The third-order valence-corrected chi connectivity index (χ3v) is 17.5. The summed E-state index contributed by atoms with van der Waals surface area (Å²) in [5, 5.41) is 4.46. The second-order valence-corrected chi connectivity index (χ2v) is 31.0. The van der Waals surface area contributed by atoms with Gasteiger partial charge in [-0.05, 0) is 188 Å². The quantitative estimate of drug-likeness (QED) is 0.0990. The number of hydrazine groups is 2. The van der Waals surface area contributed by atoms with E-state index in [1.807, 2.05) is 30.3 Å². The first-order valence-corrected chi connectivity index (χ1v) is 32.8. The van der Waals surface area contributed by atoms with Gasteiger partial charge in [0.1, 0.15) is 11.0 Å². The molecule has 10 aromatic rings. The largest absolute Gasteiger partial charge is 0.436 e. The highest BCUT2D eigenvalue weighted by molar-refractivity contribution is 5.78. The smallest absolute Gasteiger partial charge is 0.227 e. The number of anilines is 2. The number of benzene rings is 8. The Morgan fingerprint density at radius 1 is 0.370 bits per heavy atom. The summed E-state index contributed by atoms with van der Waals surface area (Å²) >= 11 is 0. The zero-order valence-corrected chi connectivity index (χ0v) is 56.9. The van der Waals surface area contributed by atoms with E-state index in [4.69, 9.17) is 18.8 Å². The molecule has 2 N–H and O–H groups in total. The molecule has 8 aromatic carbocycles. The van der Waals surface area contributed by atoms with Crippen molar-refractivity contribution in [3.05, 3.63) is 275 Å². The van der Waals surface area contributed by atoms with Crippen LogP contribution in [0.25, 0.3) is 57.3 Å². The highest BCUT2D eigenvalue weighted by Crippen LogP contribution is 2.42. The molecule has 0 spiro atoms. The van der Waals surface area contributed by atoms with Crippen LogP contribution in [-0.4, -0.2) is 9.97 Å². The van der Waals surface area contributed by atoms with E-state index in [0.717, 1.165) is 75.4 Å². The number of nitrogens with one attached hydrogen (secondary N) is 2. The lowest BCUT2D eigenvalue weighted by atomic mass is 9.72. The molecule has 2 atom stereocenters. The van der Waals surface area contributed by atoms with Crippen LogP contribution in [0.3, 0.4) is 0 Å². The van der Waals surface area contributed by atoms with Gasteiger partial charge in [-0.1, -0.05) is 243 Å². The molecule has 92 heavy (non-hydrogen) atoms. The van der Waals surface area contributed by atoms with Crippen LogP contribution in [0.4, 0.5) is 11.4 Å². The van der Waals surface area contributed by atoms with E-state index in [9.17, 15) is 0 Å². The topological polar surface area (TPSA) is 82.6 Å². The minimum Gasteiger partial charge on any atom is -0.436 e. The van der Waals surface area contributed by atoms with Crippen molar-refractivity contribution in [1.82, 2.24) is 20.8 Å². The molecule has 472 valence electrons. The van der Waals surface area contributed by atoms with Gasteiger partial charge in [0.05, 0.1) is 34.9 Å². The fraction of sp³-hybridized carbons (Fsp3) is 0.310. The van der Waals surface area contributed by atoms with Crippen molar-refractivity contribution >= 4 is 45.7 Å². The summed E-state index contributed by atoms with van der Waals surface area (Å²) in [7, 11) is 0. The van der Waals surface area contributed by atoms with Crippen LogP contribution in [-0.2, 0) is 16.2 Å². The summed E-state index contributed by atoms with van der Waals surface area (Å²) in [6.45, 7) is 34.8. The molecule has 0 radical (unpaired) electrons. The van der Waals surface area contributed by atoms with Crippen LogP contribution in [0.2, 0.25) is 0 Å². The van der Waals surface area contributed by atoms with Gasteiger partial charge in [-0.3, -0.25) is 20.9 Å². The molecule has 12 rings (SSSR count). The number of rotatable bonds is 16. The van der Waals surface area contributed by atoms with Crippen LogP contribution in [0.15, 0.2) is 245 Å². The van der Waals surface area contributed by atoms with E-state index in [0.29, 0.717) is 11.8 Å². The van der Waals surface area contributed by atoms with Crippen molar-refractivity contribution < 1.29 is 8.83 Å². The Hall–Kier alpha value is -9.14. The lowest BCUT2D eigenvalue weighted by Crippen LogP contribution is -2.34. The molecule has 8 heteroatoms. The molecule has 8 nitrogen and oxygen atoms in total. The lowest BCUT2D eigenvalue weighted by molar-refractivity contribution is 0.283. The predicted octanol–water partition coefficient (Wildman–Crippen LogP) is 22.5. The molecule has 2 unspecified atom stereocenters. The molecule has 0 bridgehead atoms. The van der Waals surface area contributed by atoms with Crippen LogP contribution in [0.5, 0.6) is 0 Å². The summed E-state index contributed by atoms with van der Waals surface area (Å²) in [4.78, 5) is 9.60. The molecule has 0 saturated carbocycles. The molecular formula is C84H94N6O2. The monoisotopic (exact) mass is 1220 g/mol. The first-order chi connectivity index (χ1) is 43.6. The molecule has 0 aliphatic carbocycles. The Morgan fingerprint density at radius 3 is 1.22 bits per heavy atom. The summed E-state index contributed by atoms with van der Waals surface area (Å²) in [6.07, 6.45) is 16.6. The number of aromatic nitrogens is 2. The van der Waals surface area contributed by atoms with Crippen molar-refractivity contribution in [2.45, 2.75) is 151 Å². The molecule has 0 fully saturated rings. The number of allylic oxidation sites excluding steroid dienone is 2. The van der Waals surface area contributed by atoms with Crippen molar-refractivity contribution in [2.75, 3.05) is 10.0 Å². The molecule has 2 aliphatic rings. The van der Waals surface area contributed by atoms with E-state index in [2.05, 4.69) is 331 Å². The fourth-order valence-corrected chi connectivity index (χ4v) is 14.2. The maximum Gasteiger partial charge on any atom is 0.227 e. The van der Waals surface area contributed by atoms with E-state index in [-0.39, 0.29) is 44.6 Å². The Bertz CT molecular complexity index is 4220. The maximum absolute atomic E-state index is 6.21. The Labute approximate surface area is 547 Å². The van der Waals surface area contributed by atoms with Crippen LogP contribution in [0, 0.1) is 16.2 Å². The van der Waals surface area contributed by atoms with Gasteiger partial charge in [0.2, 0.25) is 11.8 Å². The SMILES string of the molecule is CC(C)(C)CC(C)(C)c1ccc(C=CC2=CC(c3ccc(C(C)(C)CC(C)(C)C)cc3)N(c3ccc(-c4nc5ccccc5o4)cc3)N2)cc1.CC(C)(C)CC(C)(C)c1ccc2oc(-c3ccc(N4NC(C=Cc5ccccc5)=CC4c4ccccc4)cc3)nc2c1. The van der Waals surface area contributed by atoms with Crippen molar-refractivity contribution in [2.24, 2.45) is 16.2 Å². The number of hydrogen-bond acceptors (Lipinski definition) is 8. The molecule has 2 aromatic heterocycles. The lowest BCUT2D eigenvalue weighted by Gasteiger charge is -2.33. The van der Waals surface area contributed by atoms with Gasteiger partial charge in [-0.15, -0.1) is 0 Å². The fourth-order valence-electron chi connectivity index (χ4n) is 14.2. The number of fused-ring (bicyclic) bond motifs is 2. The van der Waals surface area contributed by atoms with Crippen molar-refractivity contribution in [3.63, 3.8) is 0 Å². The summed E-state index contributed by atoms with van der Waals surface area (Å²) in [6, 6.07) is 70.5. The highest BCUT2D eigenvalue weighted by Gasteiger charge is 2.32. The van der Waals surface area contributed by atoms with Crippen LogP contribution in [0.1, 0.15) is 174 Å². The Morgan fingerprint density at radius 2 is 0.750 bits per heavy atom. The van der Waals surface area contributed by atoms with E-state index in [1.165, 1.54) is 38.9 Å². The van der Waals surface area contributed by atoms with Gasteiger partial charge >= 0.3 is 0 Å². The van der Waals surface area contributed by atoms with Gasteiger partial charge in [0.25, 0.3) is 0 Å². The number of nitrogens with zero attached hydrogens (tertiary/aromatic N) is 4. The normalized spacial score (nSPS) is 15.9. The molecule has 0 amide bonds. The predicted molar refractivity (Wildman–Crippen MR) is 387 cm³/mol. The second kappa shape index (κ2) is 25.9. The van der Waals surface area contributed by atoms with E-state index >= 15 is 0 Å². The first-order valence-electron chi connectivity index (χ1n) is 32.8. The summed E-state index contributed by atoms with van der Waals surface area (Å²) in [5.41, 5.74) is 26.8. The standard InChI is InChI=1S/C46H55N3O.C38H39N3O/c1-43(2,3)30-45(7,8)35-22-15-32(16-23-35)17-26-37-29-40(33-18-24-36(25-19-33)46(9,10)31-44(4,5)6)49(48-37)38-27-20-34(21-28-38)42-47-39-13-11-12-14-41(39)50-42;1-37(2,3)26-38(4,5)30-19-23-35-33(24-30)39-36(42-35)29-17-21-32(22-18-29)41-34(28-14-10-7-11-15-28)25-31(40-41)20-16-27-12-8-6-9-13-27/h11-29,40,48H,30-31H2,1-10H3;6-25,34,40H,26H2,1-5H3. The van der Waals surface area contributed by atoms with Gasteiger partial charge in [0.15, 0.2) is 11.2 Å². The zero-order chi connectivity index (χ0) is 65.2. The number of hydrogen-bond donors (Lipinski definition) is 2.